The summed E-state index contributed by atoms with van der Waals surface area (Å²) in [4.78, 5) is 23.5. The lowest BCUT2D eigenvalue weighted by Crippen LogP contribution is -2.28. The van der Waals surface area contributed by atoms with Crippen LogP contribution in [0.15, 0.2) is 24.5 Å². The van der Waals surface area contributed by atoms with Gasteiger partial charge in [-0.1, -0.05) is 17.7 Å². The van der Waals surface area contributed by atoms with Crippen molar-refractivity contribution < 1.29 is 9.90 Å². The van der Waals surface area contributed by atoms with Crippen LogP contribution in [0.3, 0.4) is 0 Å². The minimum Gasteiger partial charge on any atom is -0.395 e. The van der Waals surface area contributed by atoms with Crippen molar-refractivity contribution in [3.05, 3.63) is 46.4 Å². The van der Waals surface area contributed by atoms with Gasteiger partial charge in [-0.05, 0) is 32.9 Å². The molecule has 3 aromatic rings. The Morgan fingerprint density at radius 3 is 2.73 bits per heavy atom. The number of nitrogens with zero attached hydrogens (tertiary/aromatic N) is 2. The van der Waals surface area contributed by atoms with E-state index in [0.717, 1.165) is 0 Å². The van der Waals surface area contributed by atoms with Crippen LogP contribution in [0.1, 0.15) is 42.4 Å². The number of aliphatic hydroxyl groups excluding tert-OH is 1. The van der Waals surface area contributed by atoms with Crippen molar-refractivity contribution in [3.8, 4) is 0 Å². The second-order valence-corrected chi connectivity index (χ2v) is 8.16. The molecule has 0 aliphatic heterocycles. The van der Waals surface area contributed by atoms with Gasteiger partial charge in [0, 0.05) is 28.6 Å². The predicted molar refractivity (Wildman–Crippen MR) is 118 cm³/mol. The van der Waals surface area contributed by atoms with Crippen LogP contribution < -0.4 is 16.4 Å². The maximum atomic E-state index is 12.2. The maximum Gasteiger partial charge on any atom is 0.251 e. The molecule has 30 heavy (non-hydrogen) atoms. The van der Waals surface area contributed by atoms with Gasteiger partial charge in [-0.2, -0.15) is 0 Å². The number of hydrogen-bond donors (Lipinski definition) is 6. The third-order valence-electron chi connectivity index (χ3n) is 4.26. The van der Waals surface area contributed by atoms with Crippen molar-refractivity contribution in [1.82, 2.24) is 20.3 Å². The van der Waals surface area contributed by atoms with Crippen molar-refractivity contribution in [2.45, 2.75) is 26.3 Å². The lowest BCUT2D eigenvalue weighted by Gasteiger charge is -2.23. The predicted octanol–water partition coefficient (Wildman–Crippen LogP) is 2.54. The quantitative estimate of drug-likeness (QED) is 0.331. The topological polar surface area (TPSA) is 153 Å². The van der Waals surface area contributed by atoms with Gasteiger partial charge in [0.05, 0.1) is 28.6 Å². The summed E-state index contributed by atoms with van der Waals surface area (Å²) in [6.07, 6.45) is 1.34. The Balaban J connectivity index is 2.04. The minimum absolute atomic E-state index is 0.0346. The summed E-state index contributed by atoms with van der Waals surface area (Å²) in [5.41, 5.74) is 7.48. The average Bonchev–Trinajstić information content (AvgIpc) is 3.00. The second kappa shape index (κ2) is 8.29. The number of carbonyl (C=O) groups is 1. The number of carbonyl (C=O) groups excluding carboxylic acids is 1. The number of rotatable bonds is 6. The van der Waals surface area contributed by atoms with E-state index in [9.17, 15) is 4.79 Å². The summed E-state index contributed by atoms with van der Waals surface area (Å²) in [7, 11) is 0. The second-order valence-electron chi connectivity index (χ2n) is 7.79. The highest BCUT2D eigenvalue weighted by Crippen LogP contribution is 2.32. The van der Waals surface area contributed by atoms with E-state index in [-0.39, 0.29) is 36.1 Å². The van der Waals surface area contributed by atoms with Gasteiger partial charge in [-0.25, -0.2) is 9.97 Å². The minimum atomic E-state index is -0.314. The van der Waals surface area contributed by atoms with Gasteiger partial charge in [0.25, 0.3) is 5.91 Å². The van der Waals surface area contributed by atoms with E-state index in [1.807, 2.05) is 20.8 Å². The Morgan fingerprint density at radius 2 is 2.07 bits per heavy atom. The Morgan fingerprint density at radius 1 is 1.33 bits per heavy atom. The lowest BCUT2D eigenvalue weighted by molar-refractivity contribution is 0.0945. The molecule has 0 fully saturated rings. The number of aliphatic hydroxyl groups is 1. The number of benzene rings is 1. The molecule has 0 radical (unpaired) electrons. The summed E-state index contributed by atoms with van der Waals surface area (Å²) in [5, 5.41) is 24.4. The van der Waals surface area contributed by atoms with Gasteiger partial charge in [0.15, 0.2) is 0 Å². The zero-order valence-electron chi connectivity index (χ0n) is 16.9. The lowest BCUT2D eigenvalue weighted by atomic mass is 10.1. The number of fused-ring (bicyclic) bond motifs is 1. The number of aromatic nitrogens is 3. The molecule has 2 heterocycles. The number of amides is 1. The zero-order chi connectivity index (χ0) is 22.1. The fourth-order valence-electron chi connectivity index (χ4n) is 2.97. The molecule has 3 rings (SSSR count). The van der Waals surface area contributed by atoms with Crippen LogP contribution in [-0.2, 0) is 0 Å². The van der Waals surface area contributed by atoms with Crippen LogP contribution >= 0.6 is 11.6 Å². The van der Waals surface area contributed by atoms with Crippen LogP contribution in [-0.4, -0.2) is 50.4 Å². The number of hydrogen-bond acceptors (Lipinski definition) is 7. The van der Waals surface area contributed by atoms with Crippen LogP contribution in [0.5, 0.6) is 0 Å². The molecule has 0 spiro atoms. The van der Waals surface area contributed by atoms with E-state index < -0.39 is 0 Å². The van der Waals surface area contributed by atoms with Crippen LogP contribution in [0.4, 0.5) is 11.6 Å². The number of halogens is 1. The van der Waals surface area contributed by atoms with Crippen LogP contribution in [0.2, 0.25) is 5.02 Å². The number of nitrogens with two attached hydrogens (primary N) is 1. The monoisotopic (exact) mass is 429 g/mol. The molecule has 1 amide bonds. The standard InChI is InChI=1S/C20H24ClN7O2/c1-20(2,3)28-18-13(17(23)25-9-26-18)15(22)16-14(21)11-5-4-10(8-12(11)27-16)19(30)24-6-7-29/h4-5,8-9,22,27,29H,6-7H2,1-3H3,(H,24,30)(H3,23,25,26,28). The SMILES string of the molecule is CC(C)(C)Nc1ncnc(N)c1C(=N)c1[nH]c2cc(C(=O)NCCO)ccc2c1Cl. The molecule has 0 bridgehead atoms. The fourth-order valence-corrected chi connectivity index (χ4v) is 3.28. The summed E-state index contributed by atoms with van der Waals surface area (Å²) < 4.78 is 0. The fraction of sp³-hybridized carbons (Fsp3) is 0.300. The highest BCUT2D eigenvalue weighted by molar-refractivity contribution is 6.40. The van der Waals surface area contributed by atoms with Gasteiger partial charge >= 0.3 is 0 Å². The molecule has 9 nitrogen and oxygen atoms in total. The number of aromatic amines is 1. The molecule has 10 heteroatoms. The molecule has 0 aliphatic rings. The van der Waals surface area contributed by atoms with Crippen molar-refractivity contribution in [2.24, 2.45) is 0 Å². The maximum absolute atomic E-state index is 12.2. The first-order valence-corrected chi connectivity index (χ1v) is 9.68. The molecule has 7 N–H and O–H groups in total. The molecule has 2 aromatic heterocycles. The van der Waals surface area contributed by atoms with Crippen molar-refractivity contribution >= 4 is 45.8 Å². The molecule has 0 unspecified atom stereocenters. The third-order valence-corrected chi connectivity index (χ3v) is 4.66. The molecule has 158 valence electrons. The van der Waals surface area contributed by atoms with Gasteiger partial charge in [0.2, 0.25) is 0 Å². The van der Waals surface area contributed by atoms with E-state index in [4.69, 9.17) is 27.9 Å². The van der Waals surface area contributed by atoms with E-state index in [1.165, 1.54) is 6.33 Å². The van der Waals surface area contributed by atoms with Gasteiger partial charge < -0.3 is 26.5 Å². The molecule has 0 atom stereocenters. The third kappa shape index (κ3) is 4.37. The Kier molecular flexibility index (Phi) is 5.95. The summed E-state index contributed by atoms with van der Waals surface area (Å²) in [6.45, 7) is 5.93. The number of nitrogens with one attached hydrogen (secondary N) is 4. The van der Waals surface area contributed by atoms with Gasteiger partial charge in [0.1, 0.15) is 18.0 Å². The number of nitrogen functional groups attached to an aromatic ring is 1. The van der Waals surface area contributed by atoms with Crippen molar-refractivity contribution in [2.75, 3.05) is 24.2 Å². The molecule has 0 aliphatic carbocycles. The smallest absolute Gasteiger partial charge is 0.251 e. The first-order chi connectivity index (χ1) is 14.1. The first-order valence-electron chi connectivity index (χ1n) is 9.30. The Bertz CT molecular complexity index is 1120. The van der Waals surface area contributed by atoms with E-state index in [2.05, 4.69) is 25.6 Å². The van der Waals surface area contributed by atoms with E-state index in [1.54, 1.807) is 18.2 Å². The number of H-pyrrole nitrogens is 1. The molecule has 0 saturated heterocycles. The highest BCUT2D eigenvalue weighted by Gasteiger charge is 2.23. The zero-order valence-corrected chi connectivity index (χ0v) is 17.7. The summed E-state index contributed by atoms with van der Waals surface area (Å²) >= 11 is 6.55. The van der Waals surface area contributed by atoms with Crippen molar-refractivity contribution in [1.29, 1.82) is 5.41 Å². The largest absolute Gasteiger partial charge is 0.395 e. The molecular weight excluding hydrogens is 406 g/mol. The summed E-state index contributed by atoms with van der Waals surface area (Å²) in [6, 6.07) is 4.98. The molecule has 0 saturated carbocycles. The van der Waals surface area contributed by atoms with Gasteiger partial charge in [-0.3, -0.25) is 10.2 Å². The molecular formula is C20H24ClN7O2. The number of anilines is 2. The Labute approximate surface area is 178 Å². The molecule has 1 aromatic carbocycles. The van der Waals surface area contributed by atoms with Crippen LogP contribution in [0.25, 0.3) is 10.9 Å². The van der Waals surface area contributed by atoms with Crippen molar-refractivity contribution in [3.63, 3.8) is 0 Å². The Hall–Kier alpha value is -3.17. The normalized spacial score (nSPS) is 11.5. The first kappa shape index (κ1) is 21.5. The average molecular weight is 430 g/mol. The van der Waals surface area contributed by atoms with Crippen LogP contribution in [0, 0.1) is 5.41 Å². The summed E-state index contributed by atoms with van der Waals surface area (Å²) in [5.74, 6) is 0.269. The van der Waals surface area contributed by atoms with E-state index in [0.29, 0.717) is 38.6 Å². The van der Waals surface area contributed by atoms with Gasteiger partial charge in [-0.15, -0.1) is 0 Å². The van der Waals surface area contributed by atoms with E-state index >= 15 is 0 Å². The highest BCUT2D eigenvalue weighted by atomic mass is 35.5.